The molecule has 1 aromatic heterocycles. The molecular formula is C14H20N2O4. The van der Waals surface area contributed by atoms with E-state index in [0.29, 0.717) is 18.2 Å². The van der Waals surface area contributed by atoms with Crippen molar-refractivity contribution in [2.45, 2.75) is 38.6 Å². The molecule has 0 bridgehead atoms. The molecule has 6 heteroatoms. The van der Waals surface area contributed by atoms with Crippen molar-refractivity contribution in [1.29, 1.82) is 0 Å². The van der Waals surface area contributed by atoms with E-state index in [9.17, 15) is 9.59 Å². The zero-order valence-corrected chi connectivity index (χ0v) is 11.4. The number of rotatable bonds is 5. The number of aromatic carboxylic acids is 1. The van der Waals surface area contributed by atoms with Crippen LogP contribution < -0.4 is 10.6 Å². The molecule has 20 heavy (non-hydrogen) atoms. The predicted octanol–water partition coefficient (Wildman–Crippen LogP) is 2.36. The smallest absolute Gasteiger partial charge is 0.371 e. The lowest BCUT2D eigenvalue weighted by Crippen LogP contribution is -2.38. The number of carbonyl (C=O) groups is 2. The van der Waals surface area contributed by atoms with Crippen molar-refractivity contribution in [2.75, 3.05) is 6.54 Å². The van der Waals surface area contributed by atoms with Crippen molar-refractivity contribution >= 4 is 12.0 Å². The molecule has 1 fully saturated rings. The molecule has 0 aliphatic heterocycles. The van der Waals surface area contributed by atoms with Gasteiger partial charge in [0.1, 0.15) is 5.76 Å². The van der Waals surface area contributed by atoms with Crippen molar-refractivity contribution in [3.8, 4) is 0 Å². The Morgan fingerprint density at radius 2 is 1.95 bits per heavy atom. The zero-order chi connectivity index (χ0) is 14.4. The molecule has 2 rings (SSSR count). The first kappa shape index (κ1) is 14.4. The molecule has 0 spiro atoms. The predicted molar refractivity (Wildman–Crippen MR) is 72.5 cm³/mol. The number of carboxylic acid groups (broad SMARTS) is 1. The number of hydrogen-bond donors (Lipinski definition) is 3. The van der Waals surface area contributed by atoms with Crippen molar-refractivity contribution < 1.29 is 19.1 Å². The lowest BCUT2D eigenvalue weighted by molar-refractivity contribution is 0.0660. The van der Waals surface area contributed by atoms with E-state index in [1.54, 1.807) is 6.07 Å². The normalized spacial score (nSPS) is 15.8. The zero-order valence-electron chi connectivity index (χ0n) is 11.4. The fraction of sp³-hybridized carbons (Fsp3) is 0.571. The fourth-order valence-corrected chi connectivity index (χ4v) is 2.45. The van der Waals surface area contributed by atoms with Gasteiger partial charge in [0.2, 0.25) is 5.76 Å². The third-order valence-corrected chi connectivity index (χ3v) is 3.57. The summed E-state index contributed by atoms with van der Waals surface area (Å²) in [5.74, 6) is -0.227. The summed E-state index contributed by atoms with van der Waals surface area (Å²) in [5, 5.41) is 14.2. The average Bonchev–Trinajstić information content (AvgIpc) is 2.93. The number of nitrogens with one attached hydrogen (secondary N) is 2. The highest BCUT2D eigenvalue weighted by atomic mass is 16.4. The van der Waals surface area contributed by atoms with Crippen LogP contribution in [0.3, 0.4) is 0 Å². The molecule has 6 nitrogen and oxygen atoms in total. The van der Waals surface area contributed by atoms with Crippen LogP contribution in [0.25, 0.3) is 0 Å². The van der Waals surface area contributed by atoms with E-state index in [1.165, 1.54) is 38.2 Å². The van der Waals surface area contributed by atoms with E-state index in [1.807, 2.05) is 0 Å². The first-order chi connectivity index (χ1) is 9.65. The molecule has 1 aromatic rings. The maximum Gasteiger partial charge on any atom is 0.371 e. The molecule has 0 unspecified atom stereocenters. The van der Waals surface area contributed by atoms with Gasteiger partial charge in [-0.05, 0) is 30.9 Å². The third kappa shape index (κ3) is 4.29. The summed E-state index contributed by atoms with van der Waals surface area (Å²) >= 11 is 0. The quantitative estimate of drug-likeness (QED) is 0.772. The van der Waals surface area contributed by atoms with E-state index in [-0.39, 0.29) is 18.3 Å². The van der Waals surface area contributed by atoms with Gasteiger partial charge in [0, 0.05) is 6.54 Å². The standard InChI is InChI=1S/C14H20N2O4/c17-13(18)12-7-6-11(20-12)9-16-14(19)15-8-10-4-2-1-3-5-10/h6-7,10H,1-5,8-9H2,(H,17,18)(H2,15,16,19). The molecule has 110 valence electrons. The van der Waals surface area contributed by atoms with E-state index >= 15 is 0 Å². The molecule has 0 saturated heterocycles. The maximum atomic E-state index is 11.6. The van der Waals surface area contributed by atoms with Crippen LogP contribution in [0.2, 0.25) is 0 Å². The van der Waals surface area contributed by atoms with Gasteiger partial charge in [-0.2, -0.15) is 0 Å². The minimum absolute atomic E-state index is 0.121. The SMILES string of the molecule is O=C(NCc1ccc(C(=O)O)o1)NCC1CCCCC1. The van der Waals surface area contributed by atoms with Crippen LogP contribution in [0, 0.1) is 5.92 Å². The molecular weight excluding hydrogens is 260 g/mol. The highest BCUT2D eigenvalue weighted by Gasteiger charge is 2.14. The summed E-state index contributed by atoms with van der Waals surface area (Å²) in [4.78, 5) is 22.3. The van der Waals surface area contributed by atoms with Gasteiger partial charge in [-0.25, -0.2) is 9.59 Å². The summed E-state index contributed by atoms with van der Waals surface area (Å²) in [6.45, 7) is 0.883. The van der Waals surface area contributed by atoms with E-state index in [0.717, 1.165) is 0 Å². The number of furan rings is 1. The summed E-state index contributed by atoms with van der Waals surface area (Å²) in [5.41, 5.74) is 0. The topological polar surface area (TPSA) is 91.6 Å². The van der Waals surface area contributed by atoms with Gasteiger partial charge in [-0.3, -0.25) is 0 Å². The van der Waals surface area contributed by atoms with Crippen LogP contribution in [-0.4, -0.2) is 23.7 Å². The highest BCUT2D eigenvalue weighted by molar-refractivity contribution is 5.84. The van der Waals surface area contributed by atoms with Gasteiger partial charge in [0.25, 0.3) is 0 Å². The van der Waals surface area contributed by atoms with Gasteiger partial charge < -0.3 is 20.2 Å². The number of carbonyl (C=O) groups excluding carboxylic acids is 1. The molecule has 3 N–H and O–H groups in total. The lowest BCUT2D eigenvalue weighted by atomic mass is 9.89. The molecule has 1 aliphatic rings. The Morgan fingerprint density at radius 3 is 2.60 bits per heavy atom. The van der Waals surface area contributed by atoms with Gasteiger partial charge in [-0.1, -0.05) is 19.3 Å². The van der Waals surface area contributed by atoms with Gasteiger partial charge in [0.05, 0.1) is 6.54 Å². The van der Waals surface area contributed by atoms with Crippen LogP contribution in [-0.2, 0) is 6.54 Å². The molecule has 1 heterocycles. The second kappa shape index (κ2) is 6.98. The van der Waals surface area contributed by atoms with Crippen LogP contribution in [0.15, 0.2) is 16.5 Å². The van der Waals surface area contributed by atoms with Crippen molar-refractivity contribution in [3.05, 3.63) is 23.7 Å². The lowest BCUT2D eigenvalue weighted by Gasteiger charge is -2.21. The largest absolute Gasteiger partial charge is 0.475 e. The Kier molecular flexibility index (Phi) is 5.03. The van der Waals surface area contributed by atoms with Crippen LogP contribution >= 0.6 is 0 Å². The number of carboxylic acids is 1. The minimum Gasteiger partial charge on any atom is -0.475 e. The van der Waals surface area contributed by atoms with Crippen LogP contribution in [0.4, 0.5) is 4.79 Å². The number of hydrogen-bond acceptors (Lipinski definition) is 3. The van der Waals surface area contributed by atoms with Crippen molar-refractivity contribution in [1.82, 2.24) is 10.6 Å². The van der Waals surface area contributed by atoms with Gasteiger partial charge >= 0.3 is 12.0 Å². The second-order valence-electron chi connectivity index (χ2n) is 5.14. The van der Waals surface area contributed by atoms with E-state index < -0.39 is 5.97 Å². The number of amides is 2. The number of urea groups is 1. The Morgan fingerprint density at radius 1 is 1.20 bits per heavy atom. The Bertz CT molecular complexity index is 463. The summed E-state index contributed by atoms with van der Waals surface area (Å²) in [7, 11) is 0. The fourth-order valence-electron chi connectivity index (χ4n) is 2.45. The van der Waals surface area contributed by atoms with Crippen LogP contribution in [0.1, 0.15) is 48.4 Å². The van der Waals surface area contributed by atoms with Gasteiger partial charge in [-0.15, -0.1) is 0 Å². The minimum atomic E-state index is -1.11. The van der Waals surface area contributed by atoms with E-state index in [4.69, 9.17) is 9.52 Å². The first-order valence-corrected chi connectivity index (χ1v) is 6.99. The monoisotopic (exact) mass is 280 g/mol. The summed E-state index contributed by atoms with van der Waals surface area (Å²) in [6.07, 6.45) is 6.16. The summed E-state index contributed by atoms with van der Waals surface area (Å²) in [6, 6.07) is 2.67. The first-order valence-electron chi connectivity index (χ1n) is 6.99. The maximum absolute atomic E-state index is 11.6. The average molecular weight is 280 g/mol. The molecule has 1 aliphatic carbocycles. The highest BCUT2D eigenvalue weighted by Crippen LogP contribution is 2.22. The van der Waals surface area contributed by atoms with Crippen molar-refractivity contribution in [3.63, 3.8) is 0 Å². The van der Waals surface area contributed by atoms with Gasteiger partial charge in [0.15, 0.2) is 0 Å². The molecule has 1 saturated carbocycles. The Labute approximate surface area is 117 Å². The summed E-state index contributed by atoms with van der Waals surface area (Å²) < 4.78 is 5.05. The van der Waals surface area contributed by atoms with E-state index in [2.05, 4.69) is 10.6 Å². The molecule has 0 aromatic carbocycles. The molecule has 2 amide bonds. The Balaban J connectivity index is 1.67. The molecule has 0 radical (unpaired) electrons. The second-order valence-corrected chi connectivity index (χ2v) is 5.14. The molecule has 0 atom stereocenters. The van der Waals surface area contributed by atoms with Crippen molar-refractivity contribution in [2.24, 2.45) is 5.92 Å². The third-order valence-electron chi connectivity index (χ3n) is 3.57. The Hall–Kier alpha value is -1.98. The van der Waals surface area contributed by atoms with Crippen LogP contribution in [0.5, 0.6) is 0 Å².